The molecule has 0 bridgehead atoms. The van der Waals surface area contributed by atoms with Crippen molar-refractivity contribution in [2.24, 2.45) is 0 Å². The first-order valence-corrected chi connectivity index (χ1v) is 9.96. The van der Waals surface area contributed by atoms with Crippen molar-refractivity contribution in [3.63, 3.8) is 0 Å². The second kappa shape index (κ2) is 9.44. The van der Waals surface area contributed by atoms with E-state index in [0.717, 1.165) is 30.6 Å². The van der Waals surface area contributed by atoms with Crippen LogP contribution in [-0.4, -0.2) is 42.9 Å². The van der Waals surface area contributed by atoms with Crippen molar-refractivity contribution in [3.8, 4) is 11.8 Å². The number of nitrogens with one attached hydrogen (secondary N) is 1. The van der Waals surface area contributed by atoms with Gasteiger partial charge in [-0.15, -0.1) is 0 Å². The van der Waals surface area contributed by atoms with Crippen LogP contribution in [0.25, 0.3) is 0 Å². The molecule has 0 aromatic heterocycles. The molecule has 2 aromatic rings. The molecule has 2 aromatic carbocycles. The molecule has 1 aliphatic rings. The fourth-order valence-electron chi connectivity index (χ4n) is 3.57. The zero-order chi connectivity index (χ0) is 20.8. The van der Waals surface area contributed by atoms with Crippen LogP contribution in [0.3, 0.4) is 0 Å². The Bertz CT molecular complexity index is 887. The van der Waals surface area contributed by atoms with E-state index in [4.69, 9.17) is 10.00 Å². The van der Waals surface area contributed by atoms with Crippen molar-refractivity contribution < 1.29 is 14.6 Å². The Hall–Kier alpha value is -3.04. The van der Waals surface area contributed by atoms with E-state index in [9.17, 15) is 9.90 Å². The number of rotatable bonds is 7. The molecule has 0 spiro atoms. The summed E-state index contributed by atoms with van der Waals surface area (Å²) in [6.07, 6.45) is 1.11. The maximum absolute atomic E-state index is 12.5. The number of aliphatic hydroxyl groups excluding tert-OH is 1. The van der Waals surface area contributed by atoms with E-state index in [2.05, 4.69) is 16.3 Å². The quantitative estimate of drug-likeness (QED) is 0.755. The third-order valence-electron chi connectivity index (χ3n) is 4.87. The Morgan fingerprint density at radius 2 is 2.03 bits per heavy atom. The van der Waals surface area contributed by atoms with Crippen molar-refractivity contribution in [2.75, 3.05) is 24.6 Å². The summed E-state index contributed by atoms with van der Waals surface area (Å²) in [7, 11) is 0. The van der Waals surface area contributed by atoms with E-state index in [0.29, 0.717) is 23.4 Å². The van der Waals surface area contributed by atoms with E-state index >= 15 is 0 Å². The molecule has 6 nitrogen and oxygen atoms in total. The summed E-state index contributed by atoms with van der Waals surface area (Å²) >= 11 is 0. The van der Waals surface area contributed by atoms with Gasteiger partial charge in [0.2, 0.25) is 0 Å². The van der Waals surface area contributed by atoms with Gasteiger partial charge >= 0.3 is 0 Å². The molecule has 152 valence electrons. The molecule has 0 saturated carbocycles. The van der Waals surface area contributed by atoms with Gasteiger partial charge in [0.15, 0.2) is 0 Å². The summed E-state index contributed by atoms with van der Waals surface area (Å²) < 4.78 is 5.65. The average molecular weight is 393 g/mol. The van der Waals surface area contributed by atoms with Gasteiger partial charge in [0.05, 0.1) is 11.6 Å². The van der Waals surface area contributed by atoms with Gasteiger partial charge in [0.1, 0.15) is 18.5 Å². The fraction of sp³-hybridized carbons (Fsp3) is 0.391. The van der Waals surface area contributed by atoms with Gasteiger partial charge in [0.25, 0.3) is 5.91 Å². The molecule has 3 rings (SSSR count). The predicted octanol–water partition coefficient (Wildman–Crippen LogP) is 2.89. The Morgan fingerprint density at radius 1 is 1.28 bits per heavy atom. The van der Waals surface area contributed by atoms with Gasteiger partial charge < -0.3 is 20.1 Å². The monoisotopic (exact) mass is 393 g/mol. The van der Waals surface area contributed by atoms with Crippen LogP contribution in [0.1, 0.15) is 41.8 Å². The number of ether oxygens (including phenoxy) is 1. The number of carbonyl (C=O) groups is 1. The van der Waals surface area contributed by atoms with Crippen LogP contribution >= 0.6 is 0 Å². The number of β-amino-alcohol motifs (C(OH)–C–C–N with tert-alkyl or cyclic N) is 1. The third-order valence-corrected chi connectivity index (χ3v) is 4.87. The number of fused-ring (bicyclic) bond motifs is 1. The summed E-state index contributed by atoms with van der Waals surface area (Å²) in [6.45, 7) is 5.31. The highest BCUT2D eigenvalue weighted by Gasteiger charge is 2.24. The topological polar surface area (TPSA) is 85.6 Å². The van der Waals surface area contributed by atoms with E-state index in [1.165, 1.54) is 0 Å². The van der Waals surface area contributed by atoms with Crippen LogP contribution in [-0.2, 0) is 6.42 Å². The first kappa shape index (κ1) is 20.7. The van der Waals surface area contributed by atoms with Crippen molar-refractivity contribution in [1.29, 1.82) is 5.26 Å². The maximum atomic E-state index is 12.5. The number of benzene rings is 2. The molecular formula is C23H27N3O3. The minimum absolute atomic E-state index is 0.0524. The van der Waals surface area contributed by atoms with Crippen molar-refractivity contribution >= 4 is 11.6 Å². The number of carbonyl (C=O) groups excluding carboxylic acids is 1. The number of anilines is 1. The zero-order valence-corrected chi connectivity index (χ0v) is 16.9. The Labute approximate surface area is 171 Å². The molecule has 1 heterocycles. The maximum Gasteiger partial charge on any atom is 0.251 e. The second-order valence-corrected chi connectivity index (χ2v) is 7.58. The van der Waals surface area contributed by atoms with Crippen molar-refractivity contribution in [3.05, 3.63) is 59.2 Å². The normalized spacial score (nSPS) is 14.1. The van der Waals surface area contributed by atoms with Gasteiger partial charge in [-0.25, -0.2) is 0 Å². The molecule has 0 saturated heterocycles. The lowest BCUT2D eigenvalue weighted by Crippen LogP contribution is -2.39. The summed E-state index contributed by atoms with van der Waals surface area (Å²) in [5.74, 6) is 0.568. The molecule has 6 heteroatoms. The lowest BCUT2D eigenvalue weighted by molar-refractivity contribution is 0.0942. The minimum Gasteiger partial charge on any atom is -0.491 e. The summed E-state index contributed by atoms with van der Waals surface area (Å²) in [6, 6.07) is 14.7. The number of nitriles is 1. The van der Waals surface area contributed by atoms with Gasteiger partial charge in [-0.1, -0.05) is 6.07 Å². The lowest BCUT2D eigenvalue weighted by atomic mass is 9.95. The van der Waals surface area contributed by atoms with Gasteiger partial charge in [-0.3, -0.25) is 4.79 Å². The summed E-state index contributed by atoms with van der Waals surface area (Å²) in [5, 5.41) is 22.3. The van der Waals surface area contributed by atoms with Crippen LogP contribution in [0, 0.1) is 11.3 Å². The highest BCUT2D eigenvalue weighted by atomic mass is 16.5. The number of nitrogens with zero attached hydrogens (tertiary/aromatic N) is 2. The van der Waals surface area contributed by atoms with E-state index in [1.54, 1.807) is 24.3 Å². The van der Waals surface area contributed by atoms with Gasteiger partial charge in [-0.2, -0.15) is 5.26 Å². The number of amides is 1. The van der Waals surface area contributed by atoms with Gasteiger partial charge in [-0.05, 0) is 68.7 Å². The minimum atomic E-state index is -0.676. The smallest absolute Gasteiger partial charge is 0.251 e. The molecule has 2 N–H and O–H groups in total. The number of hydrogen-bond acceptors (Lipinski definition) is 5. The average Bonchev–Trinajstić information content (AvgIpc) is 2.72. The Morgan fingerprint density at radius 3 is 2.72 bits per heavy atom. The molecule has 0 fully saturated rings. The summed E-state index contributed by atoms with van der Waals surface area (Å²) in [4.78, 5) is 14.7. The lowest BCUT2D eigenvalue weighted by Gasteiger charge is -2.33. The molecule has 0 radical (unpaired) electrons. The molecule has 29 heavy (non-hydrogen) atoms. The van der Waals surface area contributed by atoms with Crippen LogP contribution in [0.2, 0.25) is 0 Å². The van der Waals surface area contributed by atoms with Crippen molar-refractivity contribution in [2.45, 2.75) is 38.8 Å². The largest absolute Gasteiger partial charge is 0.491 e. The first-order valence-electron chi connectivity index (χ1n) is 9.96. The molecule has 1 aliphatic heterocycles. The molecule has 0 unspecified atom stereocenters. The molecule has 1 amide bonds. The van der Waals surface area contributed by atoms with Crippen LogP contribution < -0.4 is 15.0 Å². The Balaban J connectivity index is 1.65. The van der Waals surface area contributed by atoms with E-state index in [1.807, 2.05) is 32.0 Å². The fourth-order valence-corrected chi connectivity index (χ4v) is 3.57. The Kier molecular flexibility index (Phi) is 6.73. The number of aliphatic hydroxyl groups is 1. The van der Waals surface area contributed by atoms with E-state index in [-0.39, 0.29) is 18.6 Å². The van der Waals surface area contributed by atoms with Crippen molar-refractivity contribution in [1.82, 2.24) is 5.32 Å². The summed E-state index contributed by atoms with van der Waals surface area (Å²) in [5.41, 5.74) is 3.33. The molecule has 1 atom stereocenters. The second-order valence-electron chi connectivity index (χ2n) is 7.58. The predicted molar refractivity (Wildman–Crippen MR) is 112 cm³/mol. The highest BCUT2D eigenvalue weighted by molar-refractivity contribution is 5.97. The van der Waals surface area contributed by atoms with Gasteiger partial charge in [0, 0.05) is 30.4 Å². The third kappa shape index (κ3) is 5.27. The highest BCUT2D eigenvalue weighted by Crippen LogP contribution is 2.30. The molecular weight excluding hydrogens is 366 g/mol. The van der Waals surface area contributed by atoms with Crippen LogP contribution in [0.5, 0.6) is 5.75 Å². The SMILES string of the molecule is CC(C)NC(=O)c1cccc2c1CCCN2C[C@H](O)COc1ccc(C#N)cc1. The molecule has 0 aliphatic carbocycles. The standard InChI is InChI=1S/C23H27N3O3/c1-16(2)25-23(28)21-5-3-7-22-20(21)6-4-12-26(22)14-18(27)15-29-19-10-8-17(13-24)9-11-19/h3,5,7-11,16,18,27H,4,6,12,14-15H2,1-2H3,(H,25,28)/t18-/m0/s1. The first-order chi connectivity index (χ1) is 14.0. The van der Waals surface area contributed by atoms with E-state index < -0.39 is 6.10 Å². The van der Waals surface area contributed by atoms with Crippen LogP contribution in [0.15, 0.2) is 42.5 Å². The van der Waals surface area contributed by atoms with Crippen LogP contribution in [0.4, 0.5) is 5.69 Å². The number of hydrogen-bond donors (Lipinski definition) is 2. The zero-order valence-electron chi connectivity index (χ0n) is 16.9.